The maximum absolute atomic E-state index is 13.8. The second-order valence-corrected chi connectivity index (χ2v) is 14.1. The van der Waals surface area contributed by atoms with Gasteiger partial charge in [-0.25, -0.2) is 4.98 Å². The zero-order valence-corrected chi connectivity index (χ0v) is 28.3. The minimum Gasteiger partial charge on any atom is -0.505 e. The molecule has 1 atom stereocenters. The number of rotatable bonds is 10. The Labute approximate surface area is 283 Å². The van der Waals surface area contributed by atoms with E-state index in [-0.39, 0.29) is 16.5 Å². The van der Waals surface area contributed by atoms with Gasteiger partial charge < -0.3 is 9.84 Å². The van der Waals surface area contributed by atoms with Gasteiger partial charge in [-0.3, -0.25) is 18.9 Å². The number of fused-ring (bicyclic) bond motifs is 1. The highest BCUT2D eigenvalue weighted by molar-refractivity contribution is 8.00. The monoisotopic (exact) mass is 693 g/mol. The third-order valence-corrected chi connectivity index (χ3v) is 10.2. The molecule has 236 valence electrons. The van der Waals surface area contributed by atoms with E-state index in [9.17, 15) is 14.7 Å². The number of carbonyl (C=O) groups excluding carboxylic acids is 2. The molecule has 0 spiro atoms. The number of thioether (sulfide) groups is 1. The molecule has 1 N–H and O–H groups in total. The number of ketones is 1. The van der Waals surface area contributed by atoms with Crippen molar-refractivity contribution < 1.29 is 19.4 Å². The summed E-state index contributed by atoms with van der Waals surface area (Å²) in [6, 6.07) is 16.9. The summed E-state index contributed by atoms with van der Waals surface area (Å²) in [5.74, 6) is -0.443. The molecule has 5 aromatic rings. The number of aliphatic hydroxyl groups excluding tert-OH is 1. The van der Waals surface area contributed by atoms with Crippen molar-refractivity contribution in [2.75, 3.05) is 11.5 Å². The Bertz CT molecular complexity index is 1990. The summed E-state index contributed by atoms with van der Waals surface area (Å²) >= 11 is 15.0. The Morgan fingerprint density at radius 1 is 1.09 bits per heavy atom. The highest BCUT2D eigenvalue weighted by atomic mass is 35.5. The van der Waals surface area contributed by atoms with Gasteiger partial charge in [-0.15, -0.1) is 10.2 Å². The van der Waals surface area contributed by atoms with Crippen LogP contribution in [0.15, 0.2) is 76.8 Å². The molecule has 46 heavy (non-hydrogen) atoms. The Morgan fingerprint density at radius 2 is 1.91 bits per heavy atom. The Balaban J connectivity index is 1.42. The van der Waals surface area contributed by atoms with Crippen LogP contribution in [0.2, 0.25) is 10.0 Å². The lowest BCUT2D eigenvalue weighted by molar-refractivity contribution is -0.132. The van der Waals surface area contributed by atoms with E-state index in [0.717, 1.165) is 12.0 Å². The fourth-order valence-electron chi connectivity index (χ4n) is 5.19. The van der Waals surface area contributed by atoms with E-state index in [4.69, 9.17) is 27.9 Å². The van der Waals surface area contributed by atoms with E-state index in [0.29, 0.717) is 61.0 Å². The lowest BCUT2D eigenvalue weighted by atomic mass is 9.96. The van der Waals surface area contributed by atoms with Crippen LogP contribution in [0.3, 0.4) is 0 Å². The summed E-state index contributed by atoms with van der Waals surface area (Å²) in [6.45, 7) is 6.50. The second-order valence-electron chi connectivity index (χ2n) is 11.1. The number of anilines is 1. The molecule has 6 rings (SSSR count). The van der Waals surface area contributed by atoms with Crippen molar-refractivity contribution >= 4 is 74.5 Å². The average Bonchev–Trinajstić information content (AvgIpc) is 3.70. The molecule has 0 radical (unpaired) electrons. The van der Waals surface area contributed by atoms with E-state index >= 15 is 0 Å². The molecule has 0 saturated carbocycles. The molecule has 13 heteroatoms. The van der Waals surface area contributed by atoms with Gasteiger partial charge in [-0.05, 0) is 66.8 Å². The first-order valence-electron chi connectivity index (χ1n) is 14.5. The van der Waals surface area contributed by atoms with E-state index < -0.39 is 17.7 Å². The van der Waals surface area contributed by atoms with Gasteiger partial charge in [-0.2, -0.15) is 0 Å². The maximum Gasteiger partial charge on any atom is 0.301 e. The zero-order chi connectivity index (χ0) is 32.5. The molecule has 1 aliphatic heterocycles. The minimum atomic E-state index is -1.00. The number of aliphatic hydroxyl groups is 1. The topological polar surface area (TPSA) is 110 Å². The van der Waals surface area contributed by atoms with E-state index in [2.05, 4.69) is 29.0 Å². The number of aromatic nitrogens is 4. The number of imidazole rings is 1. The standard InChI is InChI=1S/C33H29Cl2N5O4S2/c1-18(2)12-14-44-23-8-6-7-20(15-23)28-26(29(41)27-19(3)36-25-9-4-5-13-39(25)27)30(42)31(43)40(28)32-37-38-33(46-32)45-17-21-10-11-22(34)16-24(21)35/h4-11,13,15-16,18,28,41H,12,14,17H2,1-3H3. The number of halogens is 2. The maximum atomic E-state index is 13.8. The molecule has 2 aromatic carbocycles. The number of hydrogen-bond donors (Lipinski definition) is 1. The van der Waals surface area contributed by atoms with Gasteiger partial charge >= 0.3 is 5.91 Å². The molecular weight excluding hydrogens is 665 g/mol. The lowest BCUT2D eigenvalue weighted by Crippen LogP contribution is -2.29. The van der Waals surface area contributed by atoms with Crippen molar-refractivity contribution in [3.63, 3.8) is 0 Å². The Kier molecular flexibility index (Phi) is 9.37. The molecule has 4 heterocycles. The number of ether oxygens (including phenoxy) is 1. The molecule has 1 aliphatic rings. The predicted octanol–water partition coefficient (Wildman–Crippen LogP) is 8.14. The number of hydrogen-bond acceptors (Lipinski definition) is 9. The fourth-order valence-corrected chi connectivity index (χ4v) is 7.62. The highest BCUT2D eigenvalue weighted by Crippen LogP contribution is 2.45. The Morgan fingerprint density at radius 3 is 2.70 bits per heavy atom. The van der Waals surface area contributed by atoms with E-state index in [1.54, 1.807) is 60.0 Å². The molecule has 9 nitrogen and oxygen atoms in total. The first-order chi connectivity index (χ1) is 22.1. The number of Topliss-reactive ketones (excluding diaryl/α,β-unsaturated/α-hetero) is 1. The SMILES string of the molecule is Cc1nc2ccccn2c1C(O)=C1C(=O)C(=O)N(c2nnc(SCc3ccc(Cl)cc3Cl)s2)C1c1cccc(OCCC(C)C)c1. The number of pyridine rings is 1. The first kappa shape index (κ1) is 32.1. The molecule has 0 aliphatic carbocycles. The Hall–Kier alpha value is -3.90. The number of carbonyl (C=O) groups is 2. The molecule has 0 bridgehead atoms. The molecule has 1 fully saturated rings. The average molecular weight is 695 g/mol. The highest BCUT2D eigenvalue weighted by Gasteiger charge is 2.49. The third-order valence-electron chi connectivity index (χ3n) is 7.48. The minimum absolute atomic E-state index is 0.0737. The number of amides is 1. The van der Waals surface area contributed by atoms with Crippen molar-refractivity contribution in [2.45, 2.75) is 43.3 Å². The van der Waals surface area contributed by atoms with Gasteiger partial charge in [0, 0.05) is 22.0 Å². The molecule has 1 saturated heterocycles. The molecular formula is C33H29Cl2N5O4S2. The quantitative estimate of drug-likeness (QED) is 0.0513. The van der Waals surface area contributed by atoms with Crippen LogP contribution < -0.4 is 9.64 Å². The summed E-state index contributed by atoms with van der Waals surface area (Å²) in [5.41, 5.74) is 2.80. The van der Waals surface area contributed by atoms with Crippen LogP contribution in [0, 0.1) is 12.8 Å². The summed E-state index contributed by atoms with van der Waals surface area (Å²) in [6.07, 6.45) is 2.61. The van der Waals surface area contributed by atoms with Gasteiger partial charge in [0.2, 0.25) is 5.13 Å². The van der Waals surface area contributed by atoms with Crippen molar-refractivity contribution in [1.29, 1.82) is 0 Å². The van der Waals surface area contributed by atoms with Crippen LogP contribution in [-0.4, -0.2) is 43.0 Å². The molecule has 1 amide bonds. The van der Waals surface area contributed by atoms with Crippen molar-refractivity contribution in [3.05, 3.63) is 105 Å². The summed E-state index contributed by atoms with van der Waals surface area (Å²) in [4.78, 5) is 33.5. The van der Waals surface area contributed by atoms with Crippen molar-refractivity contribution in [1.82, 2.24) is 19.6 Å². The fraction of sp³-hybridized carbons (Fsp3) is 0.242. The van der Waals surface area contributed by atoms with Crippen LogP contribution in [0.5, 0.6) is 5.75 Å². The van der Waals surface area contributed by atoms with Gasteiger partial charge in [0.25, 0.3) is 5.78 Å². The van der Waals surface area contributed by atoms with E-state index in [1.165, 1.54) is 28.0 Å². The number of nitrogens with zero attached hydrogens (tertiary/aromatic N) is 5. The summed E-state index contributed by atoms with van der Waals surface area (Å²) in [7, 11) is 0. The van der Waals surface area contributed by atoms with Gasteiger partial charge in [0.15, 0.2) is 10.1 Å². The van der Waals surface area contributed by atoms with Crippen LogP contribution in [0.25, 0.3) is 11.4 Å². The third kappa shape index (κ3) is 6.37. The van der Waals surface area contributed by atoms with Crippen LogP contribution in [-0.2, 0) is 15.3 Å². The van der Waals surface area contributed by atoms with Gasteiger partial charge in [0.1, 0.15) is 17.1 Å². The summed E-state index contributed by atoms with van der Waals surface area (Å²) < 4.78 is 8.29. The lowest BCUT2D eigenvalue weighted by Gasteiger charge is -2.23. The van der Waals surface area contributed by atoms with E-state index in [1.807, 2.05) is 18.2 Å². The zero-order valence-electron chi connectivity index (χ0n) is 25.1. The van der Waals surface area contributed by atoms with Crippen LogP contribution >= 0.6 is 46.3 Å². The normalized spacial score (nSPS) is 16.2. The summed E-state index contributed by atoms with van der Waals surface area (Å²) in [5, 5.41) is 21.7. The van der Waals surface area contributed by atoms with Crippen molar-refractivity contribution in [3.8, 4) is 5.75 Å². The molecule has 3 aromatic heterocycles. The van der Waals surface area contributed by atoms with Crippen LogP contribution in [0.4, 0.5) is 5.13 Å². The molecule has 1 unspecified atom stereocenters. The van der Waals surface area contributed by atoms with Crippen LogP contribution in [0.1, 0.15) is 48.8 Å². The van der Waals surface area contributed by atoms with Gasteiger partial charge in [-0.1, -0.05) is 84.4 Å². The predicted molar refractivity (Wildman–Crippen MR) is 182 cm³/mol. The second kappa shape index (κ2) is 13.4. The first-order valence-corrected chi connectivity index (χ1v) is 17.1. The largest absolute Gasteiger partial charge is 0.505 e. The van der Waals surface area contributed by atoms with Gasteiger partial charge in [0.05, 0.1) is 23.9 Å². The smallest absolute Gasteiger partial charge is 0.301 e. The number of benzene rings is 2. The number of aryl methyl sites for hydroxylation is 1. The van der Waals surface area contributed by atoms with Crippen molar-refractivity contribution in [2.24, 2.45) is 5.92 Å².